The molecule has 2 aromatic carbocycles. The van der Waals surface area contributed by atoms with Crippen LogP contribution in [0.3, 0.4) is 0 Å². The fourth-order valence-corrected chi connectivity index (χ4v) is 5.69. The second kappa shape index (κ2) is 12.6. The molecule has 210 valence electrons. The van der Waals surface area contributed by atoms with Gasteiger partial charge in [-0.3, -0.25) is 4.79 Å². The van der Waals surface area contributed by atoms with Crippen molar-refractivity contribution in [3.05, 3.63) is 54.1 Å². The van der Waals surface area contributed by atoms with Crippen LogP contribution < -0.4 is 10.6 Å². The minimum Gasteiger partial charge on any atom is -0.444 e. The fourth-order valence-electron chi connectivity index (χ4n) is 4.36. The first kappa shape index (κ1) is 30.1. The second-order valence-corrected chi connectivity index (χ2v) is 12.8. The van der Waals surface area contributed by atoms with Crippen molar-refractivity contribution in [2.45, 2.75) is 75.5 Å². The van der Waals surface area contributed by atoms with E-state index in [1.165, 1.54) is 0 Å². The Bertz CT molecular complexity index is 1290. The predicted molar refractivity (Wildman–Crippen MR) is 148 cm³/mol. The number of carbonyl (C=O) groups excluding carboxylic acids is 2. The molecule has 0 bridgehead atoms. The maximum Gasteiger partial charge on any atom is 0.408 e. The minimum absolute atomic E-state index is 0.115. The molecule has 0 aromatic heterocycles. The summed E-state index contributed by atoms with van der Waals surface area (Å²) in [6.07, 6.45) is 0.674. The van der Waals surface area contributed by atoms with Gasteiger partial charge in [0, 0.05) is 32.5 Å². The van der Waals surface area contributed by atoms with Gasteiger partial charge in [-0.2, -0.15) is 5.26 Å². The summed E-state index contributed by atoms with van der Waals surface area (Å²) >= 11 is 0. The van der Waals surface area contributed by atoms with Crippen LogP contribution in [0.5, 0.6) is 0 Å². The quantitative estimate of drug-likeness (QED) is 0.474. The molecule has 2 aromatic rings. The minimum atomic E-state index is -3.27. The van der Waals surface area contributed by atoms with E-state index in [9.17, 15) is 23.3 Å². The Balaban J connectivity index is 1.67. The lowest BCUT2D eigenvalue weighted by molar-refractivity contribution is -0.132. The van der Waals surface area contributed by atoms with Crippen LogP contribution in [-0.4, -0.2) is 56.6 Å². The van der Waals surface area contributed by atoms with Crippen molar-refractivity contribution in [3.8, 4) is 17.2 Å². The van der Waals surface area contributed by atoms with Gasteiger partial charge in [-0.15, -0.1) is 0 Å². The lowest BCUT2D eigenvalue weighted by Crippen LogP contribution is -2.63. The van der Waals surface area contributed by atoms with Gasteiger partial charge in [-0.25, -0.2) is 13.2 Å². The summed E-state index contributed by atoms with van der Waals surface area (Å²) in [6.45, 7) is 7.66. The van der Waals surface area contributed by atoms with Crippen molar-refractivity contribution in [2.75, 3.05) is 19.0 Å². The number of sulfone groups is 1. The van der Waals surface area contributed by atoms with E-state index in [-0.39, 0.29) is 25.0 Å². The molecule has 1 heterocycles. The van der Waals surface area contributed by atoms with Crippen molar-refractivity contribution in [2.24, 2.45) is 0 Å². The zero-order chi connectivity index (χ0) is 28.7. The van der Waals surface area contributed by atoms with Crippen LogP contribution in [0, 0.1) is 11.3 Å². The number of ether oxygens (including phenoxy) is 2. The van der Waals surface area contributed by atoms with Crippen LogP contribution in [0.4, 0.5) is 4.79 Å². The molecule has 0 radical (unpaired) electrons. The first-order chi connectivity index (χ1) is 18.4. The van der Waals surface area contributed by atoms with Gasteiger partial charge in [0.05, 0.1) is 16.7 Å². The van der Waals surface area contributed by atoms with Gasteiger partial charge < -0.3 is 20.1 Å². The Labute approximate surface area is 230 Å². The summed E-state index contributed by atoms with van der Waals surface area (Å²) in [5.74, 6) is -0.332. The van der Waals surface area contributed by atoms with Crippen molar-refractivity contribution < 1.29 is 27.5 Å². The van der Waals surface area contributed by atoms with E-state index in [1.54, 1.807) is 45.0 Å². The molecule has 0 saturated carbocycles. The fraction of sp³-hybridized carbons (Fsp3) is 0.483. The Morgan fingerprint density at radius 2 is 1.62 bits per heavy atom. The average molecular weight is 556 g/mol. The van der Waals surface area contributed by atoms with Gasteiger partial charge in [0.15, 0.2) is 9.84 Å². The number of amides is 2. The lowest BCUT2D eigenvalue weighted by atomic mass is 9.88. The molecule has 0 spiro atoms. The predicted octanol–water partition coefficient (Wildman–Crippen LogP) is 4.16. The van der Waals surface area contributed by atoms with Crippen LogP contribution in [0.25, 0.3) is 11.1 Å². The van der Waals surface area contributed by atoms with Gasteiger partial charge in [-0.1, -0.05) is 43.3 Å². The molecule has 39 heavy (non-hydrogen) atoms. The molecule has 0 aliphatic carbocycles. The van der Waals surface area contributed by atoms with Crippen LogP contribution in [0.2, 0.25) is 0 Å². The summed E-state index contributed by atoms with van der Waals surface area (Å²) in [7, 11) is -3.27. The molecule has 1 saturated heterocycles. The average Bonchev–Trinajstić information content (AvgIpc) is 2.88. The number of hydrogen-bond donors (Lipinski definition) is 2. The van der Waals surface area contributed by atoms with Gasteiger partial charge in [0.25, 0.3) is 0 Å². The Kier molecular flexibility index (Phi) is 9.75. The van der Waals surface area contributed by atoms with Crippen LogP contribution in [-0.2, 0) is 30.5 Å². The number of hydrogen-bond acceptors (Lipinski definition) is 7. The zero-order valence-electron chi connectivity index (χ0n) is 23.0. The second-order valence-electron chi connectivity index (χ2n) is 10.7. The highest BCUT2D eigenvalue weighted by Gasteiger charge is 2.43. The van der Waals surface area contributed by atoms with E-state index >= 15 is 0 Å². The molecule has 3 rings (SSSR count). The third-order valence-corrected chi connectivity index (χ3v) is 8.33. The molecule has 2 amide bonds. The van der Waals surface area contributed by atoms with Crippen molar-refractivity contribution in [3.63, 3.8) is 0 Å². The Hall–Kier alpha value is -3.42. The molecule has 1 fully saturated rings. The summed E-state index contributed by atoms with van der Waals surface area (Å²) < 4.78 is 35.3. The molecule has 1 atom stereocenters. The van der Waals surface area contributed by atoms with Gasteiger partial charge in [0.1, 0.15) is 17.2 Å². The number of nitrogens with zero attached hydrogens (tertiary/aromatic N) is 1. The van der Waals surface area contributed by atoms with E-state index in [0.29, 0.717) is 24.5 Å². The summed E-state index contributed by atoms with van der Waals surface area (Å²) in [5.41, 5.74) is 0.670. The van der Waals surface area contributed by atoms with Gasteiger partial charge in [0.2, 0.25) is 5.91 Å². The normalized spacial score (nSPS) is 16.0. The van der Waals surface area contributed by atoms with E-state index in [4.69, 9.17) is 9.47 Å². The number of nitriles is 1. The first-order valence-corrected chi connectivity index (χ1v) is 14.7. The van der Waals surface area contributed by atoms with Crippen molar-refractivity contribution in [1.29, 1.82) is 5.26 Å². The third-order valence-electron chi connectivity index (χ3n) is 6.40. The standard InChI is InChI=1S/C29H37N3O6S/c1-5-18-39(35,36)25-12-10-23(11-13-25)22-8-6-21(7-9-22)19-24(20-30)31-26(33)29(14-16-37-17-15-29)32-27(34)38-28(2,3)4/h6-13,24H,5,14-19H2,1-4H3,(H,31,33)(H,32,34)/t24-/m0/s1. The molecule has 10 heteroatoms. The number of nitrogens with one attached hydrogen (secondary N) is 2. The third kappa shape index (κ3) is 8.28. The van der Waals surface area contributed by atoms with Crippen molar-refractivity contribution in [1.82, 2.24) is 10.6 Å². The summed E-state index contributed by atoms with van der Waals surface area (Å²) in [6, 6.07) is 15.7. The van der Waals surface area contributed by atoms with E-state index < -0.39 is 39.0 Å². The number of benzene rings is 2. The monoisotopic (exact) mass is 555 g/mol. The van der Waals surface area contributed by atoms with Crippen LogP contribution in [0.1, 0.15) is 52.5 Å². The molecule has 9 nitrogen and oxygen atoms in total. The summed E-state index contributed by atoms with van der Waals surface area (Å²) in [4.78, 5) is 26.1. The Morgan fingerprint density at radius 3 is 2.13 bits per heavy atom. The number of alkyl carbamates (subject to hydrolysis) is 1. The SMILES string of the molecule is CCCS(=O)(=O)c1ccc(-c2ccc(C[C@@H](C#N)NC(=O)C3(NC(=O)OC(C)(C)C)CCOCC3)cc2)cc1. The number of carbonyl (C=O) groups is 2. The van der Waals surface area contributed by atoms with E-state index in [0.717, 1.165) is 16.7 Å². The molecular formula is C29H37N3O6S. The van der Waals surface area contributed by atoms with E-state index in [2.05, 4.69) is 16.7 Å². The first-order valence-electron chi connectivity index (χ1n) is 13.1. The summed E-state index contributed by atoms with van der Waals surface area (Å²) in [5, 5.41) is 15.3. The lowest BCUT2D eigenvalue weighted by Gasteiger charge is -2.37. The largest absolute Gasteiger partial charge is 0.444 e. The smallest absolute Gasteiger partial charge is 0.408 e. The van der Waals surface area contributed by atoms with Gasteiger partial charge >= 0.3 is 6.09 Å². The van der Waals surface area contributed by atoms with Crippen LogP contribution >= 0.6 is 0 Å². The maximum absolute atomic E-state index is 13.3. The molecule has 2 N–H and O–H groups in total. The Morgan fingerprint density at radius 1 is 1.05 bits per heavy atom. The highest BCUT2D eigenvalue weighted by molar-refractivity contribution is 7.91. The highest BCUT2D eigenvalue weighted by atomic mass is 32.2. The molecule has 0 unspecified atom stereocenters. The molecule has 1 aliphatic heterocycles. The maximum atomic E-state index is 13.3. The van der Waals surface area contributed by atoms with Crippen molar-refractivity contribution >= 4 is 21.8 Å². The van der Waals surface area contributed by atoms with Crippen LogP contribution in [0.15, 0.2) is 53.4 Å². The van der Waals surface area contributed by atoms with E-state index in [1.807, 2.05) is 31.2 Å². The topological polar surface area (TPSA) is 135 Å². The van der Waals surface area contributed by atoms with Gasteiger partial charge in [-0.05, 0) is 56.0 Å². The number of rotatable bonds is 9. The zero-order valence-corrected chi connectivity index (χ0v) is 23.8. The highest BCUT2D eigenvalue weighted by Crippen LogP contribution is 2.25. The molecule has 1 aliphatic rings. The molecular weight excluding hydrogens is 518 g/mol.